The van der Waals surface area contributed by atoms with E-state index in [-0.39, 0.29) is 11.8 Å². The number of nitrogens with one attached hydrogen (secondary N) is 2. The Morgan fingerprint density at radius 3 is 3.00 bits per heavy atom. The van der Waals surface area contributed by atoms with Crippen LogP contribution in [0.1, 0.15) is 18.4 Å². The molecular formula is C14H15N3O4. The first-order chi connectivity index (χ1) is 10.0. The van der Waals surface area contributed by atoms with Gasteiger partial charge in [-0.15, -0.1) is 0 Å². The highest BCUT2D eigenvalue weighted by atomic mass is 16.4. The van der Waals surface area contributed by atoms with Crippen molar-refractivity contribution >= 4 is 22.9 Å². The van der Waals surface area contributed by atoms with Crippen LogP contribution in [0.25, 0.3) is 11.1 Å². The van der Waals surface area contributed by atoms with Crippen LogP contribution in [-0.4, -0.2) is 22.4 Å². The first-order valence-electron chi connectivity index (χ1n) is 6.70. The van der Waals surface area contributed by atoms with Crippen molar-refractivity contribution in [3.05, 3.63) is 34.3 Å². The van der Waals surface area contributed by atoms with E-state index in [1.807, 2.05) is 0 Å². The molecule has 0 aliphatic carbocycles. The van der Waals surface area contributed by atoms with Gasteiger partial charge in [-0.2, -0.15) is 0 Å². The largest absolute Gasteiger partial charge is 0.419 e. The maximum Gasteiger partial charge on any atom is 0.419 e. The van der Waals surface area contributed by atoms with Gasteiger partial charge in [0.1, 0.15) is 6.04 Å². The lowest BCUT2D eigenvalue weighted by molar-refractivity contribution is -0.125. The minimum atomic E-state index is -0.445. The second-order valence-corrected chi connectivity index (χ2v) is 5.11. The van der Waals surface area contributed by atoms with Crippen LogP contribution in [0.3, 0.4) is 0 Å². The Labute approximate surface area is 119 Å². The van der Waals surface area contributed by atoms with E-state index in [4.69, 9.17) is 4.42 Å². The summed E-state index contributed by atoms with van der Waals surface area (Å²) in [6.45, 7) is 0.334. The molecule has 1 saturated heterocycles. The van der Waals surface area contributed by atoms with Crippen LogP contribution < -0.4 is 16.4 Å². The van der Waals surface area contributed by atoms with Crippen molar-refractivity contribution in [1.29, 1.82) is 0 Å². The monoisotopic (exact) mass is 289 g/mol. The molecule has 3 rings (SSSR count). The first kappa shape index (κ1) is 13.4. The number of aryl methyl sites for hydroxylation is 1. The summed E-state index contributed by atoms with van der Waals surface area (Å²) in [5.74, 6) is -0.702. The number of amides is 2. The maximum atomic E-state index is 11.9. The summed E-state index contributed by atoms with van der Waals surface area (Å²) >= 11 is 0. The standard InChI is InChI=1S/C14H15N3O4/c1-17-10-6-8(2-4-11(10)21-14(17)20)7-15-13(19)9-3-5-12(18)16-9/h2,4,6,9H,3,5,7H2,1H3,(H,15,19)(H,16,18). The molecule has 1 aliphatic heterocycles. The van der Waals surface area contributed by atoms with Crippen molar-refractivity contribution in [3.63, 3.8) is 0 Å². The predicted molar refractivity (Wildman–Crippen MR) is 74.5 cm³/mol. The molecule has 0 spiro atoms. The molecule has 1 aliphatic rings. The van der Waals surface area contributed by atoms with Gasteiger partial charge in [-0.25, -0.2) is 4.79 Å². The molecule has 7 heteroatoms. The van der Waals surface area contributed by atoms with Crippen LogP contribution in [0.15, 0.2) is 27.4 Å². The van der Waals surface area contributed by atoms with E-state index in [0.717, 1.165) is 5.56 Å². The second-order valence-electron chi connectivity index (χ2n) is 5.11. The van der Waals surface area contributed by atoms with Gasteiger partial charge >= 0.3 is 5.76 Å². The van der Waals surface area contributed by atoms with Gasteiger partial charge in [-0.1, -0.05) is 6.07 Å². The predicted octanol–water partition coefficient (Wildman–Crippen LogP) is 0.0263. The zero-order valence-corrected chi connectivity index (χ0v) is 11.5. The minimum Gasteiger partial charge on any atom is -0.408 e. The van der Waals surface area contributed by atoms with E-state index < -0.39 is 11.8 Å². The topological polar surface area (TPSA) is 93.3 Å². The van der Waals surface area contributed by atoms with E-state index in [1.54, 1.807) is 25.2 Å². The van der Waals surface area contributed by atoms with E-state index in [9.17, 15) is 14.4 Å². The Balaban J connectivity index is 1.70. The van der Waals surface area contributed by atoms with Gasteiger partial charge in [0.2, 0.25) is 11.8 Å². The Kier molecular flexibility index (Phi) is 3.25. The van der Waals surface area contributed by atoms with E-state index in [0.29, 0.717) is 30.5 Å². The molecule has 1 unspecified atom stereocenters. The lowest BCUT2D eigenvalue weighted by atomic mass is 10.2. The molecule has 2 N–H and O–H groups in total. The summed E-state index contributed by atoms with van der Waals surface area (Å²) in [5, 5.41) is 5.40. The highest BCUT2D eigenvalue weighted by Crippen LogP contribution is 2.14. The molecule has 7 nitrogen and oxygen atoms in total. The minimum absolute atomic E-state index is 0.0926. The molecule has 1 aromatic carbocycles. The van der Waals surface area contributed by atoms with Gasteiger partial charge < -0.3 is 15.1 Å². The summed E-state index contributed by atoms with van der Waals surface area (Å²) in [6, 6.07) is 4.85. The van der Waals surface area contributed by atoms with E-state index >= 15 is 0 Å². The molecule has 2 aromatic rings. The van der Waals surface area contributed by atoms with Crippen molar-refractivity contribution in [3.8, 4) is 0 Å². The molecule has 2 amide bonds. The fourth-order valence-electron chi connectivity index (χ4n) is 2.41. The third-order valence-electron chi connectivity index (χ3n) is 3.63. The van der Waals surface area contributed by atoms with Crippen molar-refractivity contribution in [2.24, 2.45) is 7.05 Å². The van der Waals surface area contributed by atoms with Gasteiger partial charge in [0.05, 0.1) is 5.52 Å². The quantitative estimate of drug-likeness (QED) is 0.833. The number of fused-ring (bicyclic) bond motifs is 1. The molecule has 110 valence electrons. The Hall–Kier alpha value is -2.57. The van der Waals surface area contributed by atoms with Crippen LogP contribution in [0.5, 0.6) is 0 Å². The molecule has 2 heterocycles. The zero-order valence-electron chi connectivity index (χ0n) is 11.5. The fraction of sp³-hybridized carbons (Fsp3) is 0.357. The van der Waals surface area contributed by atoms with E-state index in [1.165, 1.54) is 4.57 Å². The number of carbonyl (C=O) groups is 2. The summed E-state index contributed by atoms with van der Waals surface area (Å²) in [6.07, 6.45) is 0.918. The van der Waals surface area contributed by atoms with Gasteiger partial charge in [-0.05, 0) is 24.1 Å². The van der Waals surface area contributed by atoms with Crippen molar-refractivity contribution in [2.75, 3.05) is 0 Å². The molecule has 1 atom stereocenters. The summed E-state index contributed by atoms with van der Waals surface area (Å²) in [4.78, 5) is 34.4. The van der Waals surface area contributed by atoms with Crippen LogP contribution >= 0.6 is 0 Å². The van der Waals surface area contributed by atoms with Gasteiger partial charge in [0.15, 0.2) is 5.58 Å². The SMILES string of the molecule is Cn1c(=O)oc2ccc(CNC(=O)C3CCC(=O)N3)cc21. The maximum absolute atomic E-state index is 11.9. The Morgan fingerprint density at radius 1 is 1.48 bits per heavy atom. The average molecular weight is 289 g/mol. The van der Waals surface area contributed by atoms with Crippen LogP contribution in [-0.2, 0) is 23.2 Å². The number of benzene rings is 1. The Bertz CT molecular complexity index is 774. The van der Waals surface area contributed by atoms with E-state index in [2.05, 4.69) is 10.6 Å². The average Bonchev–Trinajstić information content (AvgIpc) is 3.02. The van der Waals surface area contributed by atoms with Crippen LogP contribution in [0, 0.1) is 0 Å². The van der Waals surface area contributed by atoms with Crippen molar-refractivity contribution in [1.82, 2.24) is 15.2 Å². The normalized spacial score (nSPS) is 18.0. The highest BCUT2D eigenvalue weighted by molar-refractivity contribution is 5.90. The van der Waals surface area contributed by atoms with Crippen molar-refractivity contribution in [2.45, 2.75) is 25.4 Å². The Morgan fingerprint density at radius 2 is 2.29 bits per heavy atom. The van der Waals surface area contributed by atoms with Crippen molar-refractivity contribution < 1.29 is 14.0 Å². The molecule has 1 fully saturated rings. The van der Waals surface area contributed by atoms with Gasteiger partial charge in [0, 0.05) is 20.0 Å². The van der Waals surface area contributed by atoms with Crippen LogP contribution in [0.4, 0.5) is 0 Å². The number of nitrogens with zero attached hydrogens (tertiary/aromatic N) is 1. The molecular weight excluding hydrogens is 274 g/mol. The highest BCUT2D eigenvalue weighted by Gasteiger charge is 2.26. The molecule has 0 bridgehead atoms. The number of hydrogen-bond acceptors (Lipinski definition) is 4. The second kappa shape index (κ2) is 5.08. The lowest BCUT2D eigenvalue weighted by Gasteiger charge is -2.10. The van der Waals surface area contributed by atoms with Crippen LogP contribution in [0.2, 0.25) is 0 Å². The number of aromatic nitrogens is 1. The molecule has 0 radical (unpaired) electrons. The smallest absolute Gasteiger partial charge is 0.408 e. The first-order valence-corrected chi connectivity index (χ1v) is 6.70. The molecule has 21 heavy (non-hydrogen) atoms. The number of rotatable bonds is 3. The number of hydrogen-bond donors (Lipinski definition) is 2. The summed E-state index contributed by atoms with van der Waals surface area (Å²) < 4.78 is 6.46. The van der Waals surface area contributed by atoms with Gasteiger partial charge in [0.25, 0.3) is 0 Å². The zero-order chi connectivity index (χ0) is 15.0. The third kappa shape index (κ3) is 2.54. The number of carbonyl (C=O) groups excluding carboxylic acids is 2. The van der Waals surface area contributed by atoms with Gasteiger partial charge in [-0.3, -0.25) is 14.2 Å². The lowest BCUT2D eigenvalue weighted by Crippen LogP contribution is -2.41. The fourth-order valence-corrected chi connectivity index (χ4v) is 2.41. The molecule has 0 saturated carbocycles. The third-order valence-corrected chi connectivity index (χ3v) is 3.63. The summed E-state index contributed by atoms with van der Waals surface area (Å²) in [7, 11) is 1.63. The summed E-state index contributed by atoms with van der Waals surface area (Å²) in [5.41, 5.74) is 2.05. The number of oxazole rings is 1. The molecule has 1 aromatic heterocycles.